The van der Waals surface area contributed by atoms with Gasteiger partial charge in [-0.1, -0.05) is 50.6 Å². The van der Waals surface area contributed by atoms with E-state index in [9.17, 15) is 14.4 Å². The quantitative estimate of drug-likeness (QED) is 0.556. The Morgan fingerprint density at radius 2 is 1.52 bits per heavy atom. The van der Waals surface area contributed by atoms with Gasteiger partial charge in [-0.3, -0.25) is 9.59 Å². The van der Waals surface area contributed by atoms with Gasteiger partial charge < -0.3 is 20.3 Å². The highest BCUT2D eigenvalue weighted by Crippen LogP contribution is 2.27. The van der Waals surface area contributed by atoms with E-state index in [-0.39, 0.29) is 29.8 Å². The molecule has 0 aliphatic rings. The van der Waals surface area contributed by atoms with E-state index >= 15 is 0 Å². The van der Waals surface area contributed by atoms with Crippen molar-refractivity contribution >= 4 is 17.9 Å². The minimum atomic E-state index is -0.839. The Bertz CT molecular complexity index is 797. The summed E-state index contributed by atoms with van der Waals surface area (Å²) >= 11 is 0. The number of nitrogens with zero attached hydrogens (tertiary/aromatic N) is 1. The Morgan fingerprint density at radius 1 is 0.970 bits per heavy atom. The maximum atomic E-state index is 13.9. The number of carbonyl (C=O) groups is 3. The number of hydrogen-bond donors (Lipinski definition) is 2. The first-order chi connectivity index (χ1) is 15.2. The molecule has 0 heterocycles. The van der Waals surface area contributed by atoms with Crippen molar-refractivity contribution in [3.8, 4) is 0 Å². The molecule has 0 aliphatic carbocycles. The van der Waals surface area contributed by atoms with Crippen LogP contribution in [0.5, 0.6) is 0 Å². The van der Waals surface area contributed by atoms with E-state index in [2.05, 4.69) is 10.6 Å². The zero-order valence-corrected chi connectivity index (χ0v) is 22.0. The molecule has 0 radical (unpaired) electrons. The predicted octanol–water partition coefficient (Wildman–Crippen LogP) is 4.74. The summed E-state index contributed by atoms with van der Waals surface area (Å²) in [6.07, 6.45) is -0.00231. The van der Waals surface area contributed by atoms with Gasteiger partial charge in [-0.05, 0) is 66.4 Å². The summed E-state index contributed by atoms with van der Waals surface area (Å²) in [5, 5.41) is 5.71. The van der Waals surface area contributed by atoms with Crippen molar-refractivity contribution in [3.63, 3.8) is 0 Å². The second kappa shape index (κ2) is 12.1. The Labute approximate surface area is 199 Å². The maximum Gasteiger partial charge on any atom is 0.408 e. The monoisotopic (exact) mass is 461 g/mol. The van der Waals surface area contributed by atoms with E-state index < -0.39 is 23.8 Å². The molecule has 1 aromatic carbocycles. The second-order valence-corrected chi connectivity index (χ2v) is 10.3. The number of nitrogens with one attached hydrogen (secondary N) is 2. The van der Waals surface area contributed by atoms with Crippen LogP contribution < -0.4 is 10.6 Å². The Balaban J connectivity index is 3.47. The fourth-order valence-electron chi connectivity index (χ4n) is 3.45. The molecule has 33 heavy (non-hydrogen) atoms. The van der Waals surface area contributed by atoms with Crippen LogP contribution in [0.25, 0.3) is 0 Å². The molecule has 0 saturated carbocycles. The van der Waals surface area contributed by atoms with E-state index in [0.717, 1.165) is 11.1 Å². The molecule has 1 aromatic rings. The molecule has 3 atom stereocenters. The Kier molecular flexibility index (Phi) is 10.4. The predicted molar refractivity (Wildman–Crippen MR) is 132 cm³/mol. The van der Waals surface area contributed by atoms with Gasteiger partial charge in [0, 0.05) is 12.1 Å². The lowest BCUT2D eigenvalue weighted by Gasteiger charge is -2.39. The highest BCUT2D eigenvalue weighted by Gasteiger charge is 2.39. The summed E-state index contributed by atoms with van der Waals surface area (Å²) in [4.78, 5) is 41.5. The van der Waals surface area contributed by atoms with Gasteiger partial charge in [0.15, 0.2) is 0 Å². The minimum absolute atomic E-state index is 0.0832. The van der Waals surface area contributed by atoms with Crippen molar-refractivity contribution in [3.05, 3.63) is 35.4 Å². The van der Waals surface area contributed by atoms with Gasteiger partial charge in [0.25, 0.3) is 0 Å². The number of rotatable bonds is 9. The van der Waals surface area contributed by atoms with Crippen molar-refractivity contribution in [1.82, 2.24) is 15.5 Å². The third-order valence-electron chi connectivity index (χ3n) is 5.28. The summed E-state index contributed by atoms with van der Waals surface area (Å²) in [6.45, 7) is 18.7. The largest absolute Gasteiger partial charge is 0.444 e. The Morgan fingerprint density at radius 3 is 1.94 bits per heavy atom. The van der Waals surface area contributed by atoms with E-state index in [4.69, 9.17) is 4.74 Å². The molecule has 2 N–H and O–H groups in total. The van der Waals surface area contributed by atoms with Gasteiger partial charge in [-0.2, -0.15) is 0 Å². The number of aryl methyl sites for hydroxylation is 1. The first kappa shape index (κ1) is 28.5. The summed E-state index contributed by atoms with van der Waals surface area (Å²) in [5.74, 6) is -0.764. The summed E-state index contributed by atoms with van der Waals surface area (Å²) in [5.41, 5.74) is 1.11. The normalized spacial score (nSPS) is 14.4. The number of benzene rings is 1. The highest BCUT2D eigenvalue weighted by atomic mass is 16.6. The smallest absolute Gasteiger partial charge is 0.408 e. The third-order valence-corrected chi connectivity index (χ3v) is 5.28. The van der Waals surface area contributed by atoms with Crippen LogP contribution in [0.15, 0.2) is 24.3 Å². The molecule has 0 saturated heterocycles. The standard InChI is InChI=1S/C26H43N3O4/c1-11-19(7)29(24(31)21(16(2)3)28-25(32)33-26(8,9)10)22(23(30)27-17(4)5)20-14-12-18(6)13-15-20/h12-17,19,21-22H,11H2,1-10H3,(H,27,30)(H,28,32). The van der Waals surface area contributed by atoms with E-state index in [0.29, 0.717) is 6.42 Å². The molecular weight excluding hydrogens is 418 g/mol. The van der Waals surface area contributed by atoms with Gasteiger partial charge in [-0.25, -0.2) is 4.79 Å². The van der Waals surface area contributed by atoms with Gasteiger partial charge >= 0.3 is 6.09 Å². The number of alkyl carbamates (subject to hydrolysis) is 1. The zero-order valence-electron chi connectivity index (χ0n) is 22.0. The molecule has 3 unspecified atom stereocenters. The van der Waals surface area contributed by atoms with Crippen molar-refractivity contribution in [1.29, 1.82) is 0 Å². The van der Waals surface area contributed by atoms with Gasteiger partial charge in [0.2, 0.25) is 11.8 Å². The summed E-state index contributed by atoms with van der Waals surface area (Å²) < 4.78 is 5.39. The fraction of sp³-hybridized carbons (Fsp3) is 0.654. The molecule has 0 fully saturated rings. The number of carbonyl (C=O) groups excluding carboxylic acids is 3. The summed E-state index contributed by atoms with van der Waals surface area (Å²) in [6, 6.07) is 5.66. The molecule has 7 heteroatoms. The van der Waals surface area contributed by atoms with Crippen LogP contribution in [0, 0.1) is 12.8 Å². The first-order valence-corrected chi connectivity index (χ1v) is 11.9. The summed E-state index contributed by atoms with van der Waals surface area (Å²) in [7, 11) is 0. The third kappa shape index (κ3) is 8.71. The van der Waals surface area contributed by atoms with Crippen LogP contribution in [0.4, 0.5) is 4.79 Å². The average Bonchev–Trinajstić information content (AvgIpc) is 2.67. The molecule has 186 valence electrons. The molecular formula is C26H43N3O4. The zero-order chi connectivity index (χ0) is 25.5. The topological polar surface area (TPSA) is 87.7 Å². The number of hydrogen-bond acceptors (Lipinski definition) is 4. The van der Waals surface area contributed by atoms with Crippen LogP contribution in [0.2, 0.25) is 0 Å². The number of amides is 3. The fourth-order valence-corrected chi connectivity index (χ4v) is 3.45. The van der Waals surface area contributed by atoms with E-state index in [1.807, 2.05) is 72.7 Å². The van der Waals surface area contributed by atoms with Crippen LogP contribution >= 0.6 is 0 Å². The molecule has 0 spiro atoms. The van der Waals surface area contributed by atoms with Crippen molar-refractivity contribution in [2.45, 2.75) is 105 Å². The van der Waals surface area contributed by atoms with Crippen LogP contribution in [-0.4, -0.2) is 46.5 Å². The number of ether oxygens (including phenoxy) is 1. The maximum absolute atomic E-state index is 13.9. The van der Waals surface area contributed by atoms with E-state index in [1.165, 1.54) is 0 Å². The Hall–Kier alpha value is -2.57. The SMILES string of the molecule is CCC(C)N(C(=O)C(NC(=O)OC(C)(C)C)C(C)C)C(C(=O)NC(C)C)c1ccc(C)cc1. The van der Waals surface area contributed by atoms with Gasteiger partial charge in [0.05, 0.1) is 0 Å². The molecule has 7 nitrogen and oxygen atoms in total. The lowest BCUT2D eigenvalue weighted by atomic mass is 9.96. The van der Waals surface area contributed by atoms with Crippen LogP contribution in [0.3, 0.4) is 0 Å². The first-order valence-electron chi connectivity index (χ1n) is 11.9. The van der Waals surface area contributed by atoms with Crippen LogP contribution in [0.1, 0.15) is 85.9 Å². The molecule has 1 rings (SSSR count). The van der Waals surface area contributed by atoms with Crippen molar-refractivity contribution in [2.24, 2.45) is 5.92 Å². The molecule has 0 bridgehead atoms. The molecule has 0 aromatic heterocycles. The minimum Gasteiger partial charge on any atom is -0.444 e. The van der Waals surface area contributed by atoms with E-state index in [1.54, 1.807) is 25.7 Å². The highest BCUT2D eigenvalue weighted by molar-refractivity contribution is 5.92. The molecule has 0 aliphatic heterocycles. The second-order valence-electron chi connectivity index (χ2n) is 10.3. The van der Waals surface area contributed by atoms with Crippen molar-refractivity contribution in [2.75, 3.05) is 0 Å². The average molecular weight is 462 g/mol. The molecule has 3 amide bonds. The lowest BCUT2D eigenvalue weighted by Crippen LogP contribution is -2.57. The van der Waals surface area contributed by atoms with Gasteiger partial charge in [-0.15, -0.1) is 0 Å². The van der Waals surface area contributed by atoms with Crippen LogP contribution in [-0.2, 0) is 14.3 Å². The lowest BCUT2D eigenvalue weighted by molar-refractivity contribution is -0.146. The van der Waals surface area contributed by atoms with Gasteiger partial charge in [0.1, 0.15) is 17.7 Å². The van der Waals surface area contributed by atoms with Crippen molar-refractivity contribution < 1.29 is 19.1 Å².